The fourth-order valence-corrected chi connectivity index (χ4v) is 4.40. The number of para-hydroxylation sites is 1. The standard InChI is InChI=1S/C24H24N2OS/c27-24(21-12-10-20(11-13-21)19-6-2-1-3-7-19)25-23-9-5-4-8-22(23)18-26-14-16-28-17-15-26/h1-13H,14-18H2,(H,25,27). The Labute approximate surface area is 170 Å². The number of amides is 1. The lowest BCUT2D eigenvalue weighted by Crippen LogP contribution is -2.32. The molecule has 4 heteroatoms. The van der Waals surface area contributed by atoms with Crippen molar-refractivity contribution in [3.05, 3.63) is 90.0 Å². The van der Waals surface area contributed by atoms with Crippen molar-refractivity contribution in [2.45, 2.75) is 6.54 Å². The van der Waals surface area contributed by atoms with E-state index in [0.29, 0.717) is 5.56 Å². The first-order chi connectivity index (χ1) is 13.8. The number of rotatable bonds is 5. The van der Waals surface area contributed by atoms with E-state index < -0.39 is 0 Å². The number of benzene rings is 3. The molecule has 3 aromatic carbocycles. The summed E-state index contributed by atoms with van der Waals surface area (Å²) in [6.45, 7) is 3.09. The van der Waals surface area contributed by atoms with Crippen LogP contribution in [0, 0.1) is 0 Å². The summed E-state index contributed by atoms with van der Waals surface area (Å²) >= 11 is 2.01. The number of nitrogens with zero attached hydrogens (tertiary/aromatic N) is 1. The van der Waals surface area contributed by atoms with Crippen molar-refractivity contribution in [2.24, 2.45) is 0 Å². The summed E-state index contributed by atoms with van der Waals surface area (Å²) in [4.78, 5) is 15.2. The van der Waals surface area contributed by atoms with Crippen LogP contribution in [-0.2, 0) is 6.54 Å². The molecule has 1 saturated heterocycles. The van der Waals surface area contributed by atoms with Crippen LogP contribution in [0.5, 0.6) is 0 Å². The normalized spacial score (nSPS) is 14.6. The van der Waals surface area contributed by atoms with Crippen LogP contribution in [0.25, 0.3) is 11.1 Å². The highest BCUT2D eigenvalue weighted by Crippen LogP contribution is 2.22. The largest absolute Gasteiger partial charge is 0.322 e. The summed E-state index contributed by atoms with van der Waals surface area (Å²) in [5.41, 5.74) is 5.00. The smallest absolute Gasteiger partial charge is 0.255 e. The highest BCUT2D eigenvalue weighted by Gasteiger charge is 2.14. The summed E-state index contributed by atoms with van der Waals surface area (Å²) in [5, 5.41) is 3.10. The molecule has 3 aromatic rings. The van der Waals surface area contributed by atoms with Crippen LogP contribution in [0.1, 0.15) is 15.9 Å². The second-order valence-corrected chi connectivity index (χ2v) is 8.17. The maximum absolute atomic E-state index is 12.8. The van der Waals surface area contributed by atoms with Crippen molar-refractivity contribution in [1.29, 1.82) is 0 Å². The summed E-state index contributed by atoms with van der Waals surface area (Å²) in [7, 11) is 0. The highest BCUT2D eigenvalue weighted by molar-refractivity contribution is 7.99. The molecule has 0 aliphatic carbocycles. The first-order valence-corrected chi connectivity index (χ1v) is 10.8. The van der Waals surface area contributed by atoms with E-state index in [2.05, 4.69) is 28.4 Å². The number of thioether (sulfide) groups is 1. The van der Waals surface area contributed by atoms with E-state index in [1.807, 2.05) is 72.4 Å². The molecular weight excluding hydrogens is 364 g/mol. The Morgan fingerprint density at radius 3 is 2.21 bits per heavy atom. The van der Waals surface area contributed by atoms with Gasteiger partial charge in [0.15, 0.2) is 0 Å². The highest BCUT2D eigenvalue weighted by atomic mass is 32.2. The molecule has 0 aromatic heterocycles. The monoisotopic (exact) mass is 388 g/mol. The minimum atomic E-state index is -0.0683. The molecule has 0 unspecified atom stereocenters. The molecule has 0 saturated carbocycles. The van der Waals surface area contributed by atoms with Crippen LogP contribution in [0.15, 0.2) is 78.9 Å². The third-order valence-corrected chi connectivity index (χ3v) is 5.96. The second kappa shape index (κ2) is 9.09. The van der Waals surface area contributed by atoms with E-state index in [1.54, 1.807) is 0 Å². The maximum Gasteiger partial charge on any atom is 0.255 e. The lowest BCUT2D eigenvalue weighted by Gasteiger charge is -2.27. The predicted octanol–water partition coefficient (Wildman–Crippen LogP) is 5.15. The Hall–Kier alpha value is -2.56. The van der Waals surface area contributed by atoms with Gasteiger partial charge in [-0.1, -0.05) is 60.7 Å². The summed E-state index contributed by atoms with van der Waals surface area (Å²) in [6.07, 6.45) is 0. The fraction of sp³-hybridized carbons (Fsp3) is 0.208. The zero-order chi connectivity index (χ0) is 19.2. The molecule has 4 rings (SSSR count). The van der Waals surface area contributed by atoms with Gasteiger partial charge in [0.1, 0.15) is 0 Å². The molecule has 1 fully saturated rings. The predicted molar refractivity (Wildman–Crippen MR) is 119 cm³/mol. The van der Waals surface area contributed by atoms with Gasteiger partial charge in [0.25, 0.3) is 5.91 Å². The van der Waals surface area contributed by atoms with E-state index in [-0.39, 0.29) is 5.91 Å². The molecule has 1 heterocycles. The van der Waals surface area contributed by atoms with Crippen LogP contribution < -0.4 is 5.32 Å². The average Bonchev–Trinajstić information content (AvgIpc) is 2.76. The van der Waals surface area contributed by atoms with E-state index in [4.69, 9.17) is 0 Å². The van der Waals surface area contributed by atoms with Crippen molar-refractivity contribution in [2.75, 3.05) is 29.9 Å². The lowest BCUT2D eigenvalue weighted by molar-refractivity contribution is 0.102. The Kier molecular flexibility index (Phi) is 6.10. The Bertz CT molecular complexity index is 919. The molecule has 1 aliphatic heterocycles. The number of carbonyl (C=O) groups excluding carboxylic acids is 1. The molecule has 3 nitrogen and oxygen atoms in total. The van der Waals surface area contributed by atoms with Crippen molar-refractivity contribution in [1.82, 2.24) is 4.90 Å². The maximum atomic E-state index is 12.8. The Balaban J connectivity index is 1.46. The molecule has 0 spiro atoms. The molecule has 0 radical (unpaired) electrons. The van der Waals surface area contributed by atoms with Gasteiger partial charge < -0.3 is 5.32 Å². The minimum absolute atomic E-state index is 0.0683. The molecule has 1 N–H and O–H groups in total. The van der Waals surface area contributed by atoms with Gasteiger partial charge in [-0.2, -0.15) is 11.8 Å². The summed E-state index contributed by atoms with van der Waals surface area (Å²) < 4.78 is 0. The van der Waals surface area contributed by atoms with Crippen LogP contribution in [0.3, 0.4) is 0 Å². The van der Waals surface area contributed by atoms with Crippen LogP contribution in [-0.4, -0.2) is 35.4 Å². The van der Waals surface area contributed by atoms with Gasteiger partial charge in [-0.25, -0.2) is 0 Å². The van der Waals surface area contributed by atoms with Crippen molar-refractivity contribution >= 4 is 23.4 Å². The first-order valence-electron chi connectivity index (χ1n) is 9.64. The third-order valence-electron chi connectivity index (χ3n) is 5.02. The third kappa shape index (κ3) is 4.64. The summed E-state index contributed by atoms with van der Waals surface area (Å²) in [6, 6.07) is 26.1. The SMILES string of the molecule is O=C(Nc1ccccc1CN1CCSCC1)c1ccc(-c2ccccc2)cc1. The Morgan fingerprint density at radius 2 is 1.46 bits per heavy atom. The van der Waals surface area contributed by atoms with Crippen LogP contribution in [0.4, 0.5) is 5.69 Å². The summed E-state index contributed by atoms with van der Waals surface area (Å²) in [5.74, 6) is 2.30. The number of carbonyl (C=O) groups is 1. The quantitative estimate of drug-likeness (QED) is 0.656. The van der Waals surface area contributed by atoms with E-state index in [1.165, 1.54) is 17.1 Å². The van der Waals surface area contributed by atoms with Gasteiger partial charge in [-0.15, -0.1) is 0 Å². The molecule has 1 aliphatic rings. The van der Waals surface area contributed by atoms with Crippen LogP contribution >= 0.6 is 11.8 Å². The van der Waals surface area contributed by atoms with Gasteiger partial charge in [0, 0.05) is 42.4 Å². The van der Waals surface area contributed by atoms with Crippen molar-refractivity contribution in [3.8, 4) is 11.1 Å². The number of anilines is 1. The number of nitrogens with one attached hydrogen (secondary N) is 1. The fourth-order valence-electron chi connectivity index (χ4n) is 3.42. The van der Waals surface area contributed by atoms with Gasteiger partial charge in [-0.05, 0) is 34.9 Å². The molecule has 1 amide bonds. The van der Waals surface area contributed by atoms with Gasteiger partial charge in [0.05, 0.1) is 0 Å². The number of hydrogen-bond donors (Lipinski definition) is 1. The molecule has 0 bridgehead atoms. The van der Waals surface area contributed by atoms with E-state index >= 15 is 0 Å². The zero-order valence-electron chi connectivity index (χ0n) is 15.8. The van der Waals surface area contributed by atoms with E-state index in [9.17, 15) is 4.79 Å². The average molecular weight is 389 g/mol. The van der Waals surface area contributed by atoms with Gasteiger partial charge in [-0.3, -0.25) is 9.69 Å². The van der Waals surface area contributed by atoms with Crippen molar-refractivity contribution < 1.29 is 4.79 Å². The Morgan fingerprint density at radius 1 is 0.821 bits per heavy atom. The zero-order valence-corrected chi connectivity index (χ0v) is 16.6. The molecule has 0 atom stereocenters. The first kappa shape index (κ1) is 18.8. The molecular formula is C24H24N2OS. The van der Waals surface area contributed by atoms with Gasteiger partial charge in [0.2, 0.25) is 0 Å². The van der Waals surface area contributed by atoms with Crippen LogP contribution in [0.2, 0.25) is 0 Å². The molecule has 28 heavy (non-hydrogen) atoms. The number of hydrogen-bond acceptors (Lipinski definition) is 3. The minimum Gasteiger partial charge on any atom is -0.322 e. The van der Waals surface area contributed by atoms with Gasteiger partial charge >= 0.3 is 0 Å². The lowest BCUT2D eigenvalue weighted by atomic mass is 10.0. The molecule has 142 valence electrons. The second-order valence-electron chi connectivity index (χ2n) is 6.94. The van der Waals surface area contributed by atoms with Crippen molar-refractivity contribution in [3.63, 3.8) is 0 Å². The topological polar surface area (TPSA) is 32.3 Å². The van der Waals surface area contributed by atoms with E-state index in [0.717, 1.165) is 36.4 Å².